The highest BCUT2D eigenvalue weighted by molar-refractivity contribution is 6.15. The molecule has 0 fully saturated rings. The number of amides is 2. The molecular formula is C27H29N5O3. The first-order valence-corrected chi connectivity index (χ1v) is 11.4. The van der Waals surface area contributed by atoms with Crippen molar-refractivity contribution in [3.63, 3.8) is 0 Å². The number of nitrogens with zero attached hydrogens (tertiary/aromatic N) is 2. The van der Waals surface area contributed by atoms with Gasteiger partial charge in [-0.15, -0.1) is 0 Å². The zero-order valence-corrected chi connectivity index (χ0v) is 20.3. The van der Waals surface area contributed by atoms with E-state index >= 15 is 0 Å². The second kappa shape index (κ2) is 9.99. The number of hydrogen-bond acceptors (Lipinski definition) is 5. The van der Waals surface area contributed by atoms with Crippen LogP contribution in [0.15, 0.2) is 54.6 Å². The van der Waals surface area contributed by atoms with E-state index in [4.69, 9.17) is 10.1 Å². The highest BCUT2D eigenvalue weighted by Crippen LogP contribution is 2.36. The molecule has 0 bridgehead atoms. The van der Waals surface area contributed by atoms with Gasteiger partial charge in [0.25, 0.3) is 5.91 Å². The number of anilines is 3. The summed E-state index contributed by atoms with van der Waals surface area (Å²) in [5.41, 5.74) is 5.89. The molecule has 0 spiro atoms. The maximum atomic E-state index is 13.1. The molecule has 4 rings (SSSR count). The molecule has 0 aliphatic carbocycles. The molecule has 0 aliphatic rings. The van der Waals surface area contributed by atoms with E-state index in [1.54, 1.807) is 18.2 Å². The third-order valence-electron chi connectivity index (χ3n) is 5.87. The van der Waals surface area contributed by atoms with Crippen LogP contribution in [0.25, 0.3) is 21.8 Å². The largest absolute Gasteiger partial charge is 0.465 e. The van der Waals surface area contributed by atoms with Gasteiger partial charge in [0, 0.05) is 35.2 Å². The average molecular weight is 472 g/mol. The van der Waals surface area contributed by atoms with E-state index in [0.29, 0.717) is 23.3 Å². The molecule has 1 aromatic heterocycles. The molecular weight excluding hydrogens is 442 g/mol. The van der Waals surface area contributed by atoms with Crippen molar-refractivity contribution in [3.8, 4) is 0 Å². The number of likely N-dealkylation sites (N-methyl/N-ethyl adjacent to an activating group) is 1. The summed E-state index contributed by atoms with van der Waals surface area (Å²) in [6.45, 7) is 5.21. The number of pyridine rings is 1. The monoisotopic (exact) mass is 471 g/mol. The van der Waals surface area contributed by atoms with Gasteiger partial charge in [-0.3, -0.25) is 10.1 Å². The quantitative estimate of drug-likeness (QED) is 0.279. The number of benzene rings is 3. The zero-order valence-electron chi connectivity index (χ0n) is 20.3. The highest BCUT2D eigenvalue weighted by atomic mass is 16.4. The molecule has 0 atom stereocenters. The Kier molecular flexibility index (Phi) is 6.84. The third kappa shape index (κ3) is 5.17. The van der Waals surface area contributed by atoms with E-state index in [1.807, 2.05) is 69.2 Å². The predicted octanol–water partition coefficient (Wildman–Crippen LogP) is 5.13. The maximum Gasteiger partial charge on any atom is 0.409 e. The third-order valence-corrected chi connectivity index (χ3v) is 5.87. The Hall–Kier alpha value is -4.17. The molecule has 8 nitrogen and oxygen atoms in total. The zero-order chi connectivity index (χ0) is 25.1. The van der Waals surface area contributed by atoms with Crippen LogP contribution < -0.4 is 16.0 Å². The van der Waals surface area contributed by atoms with Gasteiger partial charge in [-0.1, -0.05) is 36.4 Å². The molecule has 2 amide bonds. The fourth-order valence-electron chi connectivity index (χ4n) is 4.03. The molecule has 4 N–H and O–H groups in total. The summed E-state index contributed by atoms with van der Waals surface area (Å²) in [5.74, 6) is -0.173. The molecule has 0 radical (unpaired) electrons. The number of aromatic nitrogens is 1. The molecule has 4 aromatic rings. The smallest absolute Gasteiger partial charge is 0.409 e. The van der Waals surface area contributed by atoms with E-state index in [1.165, 1.54) is 0 Å². The van der Waals surface area contributed by atoms with Crippen LogP contribution >= 0.6 is 0 Å². The lowest BCUT2D eigenvalue weighted by atomic mass is 10.0. The number of para-hydroxylation sites is 2. The SMILES string of the molecule is Cc1ccc(NC(=O)O)cc1Nc1c2cccc(C)c2nc2c(C(=O)NCCN(C)C)cccc12. The first kappa shape index (κ1) is 24.0. The van der Waals surface area contributed by atoms with Gasteiger partial charge in [0.15, 0.2) is 0 Å². The van der Waals surface area contributed by atoms with Crippen molar-refractivity contribution >= 4 is 50.9 Å². The lowest BCUT2D eigenvalue weighted by Gasteiger charge is -2.18. The molecule has 0 saturated heterocycles. The number of rotatable bonds is 7. The summed E-state index contributed by atoms with van der Waals surface area (Å²) in [5, 5.41) is 19.7. The number of fused-ring (bicyclic) bond motifs is 2. The number of carboxylic acid groups (broad SMARTS) is 1. The van der Waals surface area contributed by atoms with Crippen LogP contribution in [0, 0.1) is 13.8 Å². The van der Waals surface area contributed by atoms with Crippen molar-refractivity contribution in [2.24, 2.45) is 0 Å². The molecule has 0 aliphatic heterocycles. The Bertz CT molecular complexity index is 1430. The van der Waals surface area contributed by atoms with E-state index in [-0.39, 0.29) is 5.91 Å². The summed E-state index contributed by atoms with van der Waals surface area (Å²) >= 11 is 0. The van der Waals surface area contributed by atoms with Crippen molar-refractivity contribution in [2.45, 2.75) is 13.8 Å². The second-order valence-electron chi connectivity index (χ2n) is 8.80. The van der Waals surface area contributed by atoms with E-state index in [0.717, 1.165) is 45.3 Å². The van der Waals surface area contributed by atoms with E-state index in [9.17, 15) is 9.59 Å². The number of nitrogens with one attached hydrogen (secondary N) is 3. The Morgan fingerprint density at radius 2 is 1.66 bits per heavy atom. The Morgan fingerprint density at radius 1 is 0.943 bits per heavy atom. The van der Waals surface area contributed by atoms with Gasteiger partial charge in [0.2, 0.25) is 0 Å². The molecule has 3 aromatic carbocycles. The fourth-order valence-corrected chi connectivity index (χ4v) is 4.03. The number of carbonyl (C=O) groups is 2. The van der Waals surface area contributed by atoms with E-state index < -0.39 is 6.09 Å². The first-order valence-electron chi connectivity index (χ1n) is 11.4. The van der Waals surface area contributed by atoms with Crippen molar-refractivity contribution in [2.75, 3.05) is 37.8 Å². The van der Waals surface area contributed by atoms with Crippen molar-refractivity contribution < 1.29 is 14.7 Å². The first-order chi connectivity index (χ1) is 16.7. The van der Waals surface area contributed by atoms with Crippen molar-refractivity contribution in [1.82, 2.24) is 15.2 Å². The predicted molar refractivity (Wildman–Crippen MR) is 141 cm³/mol. The number of hydrogen-bond donors (Lipinski definition) is 4. The summed E-state index contributed by atoms with van der Waals surface area (Å²) in [7, 11) is 3.92. The van der Waals surface area contributed by atoms with Gasteiger partial charge >= 0.3 is 6.09 Å². The molecule has 35 heavy (non-hydrogen) atoms. The minimum absolute atomic E-state index is 0.173. The molecule has 1 heterocycles. The van der Waals surface area contributed by atoms with Gasteiger partial charge in [0.1, 0.15) is 0 Å². The Morgan fingerprint density at radius 3 is 2.37 bits per heavy atom. The number of aryl methyl sites for hydroxylation is 2. The summed E-state index contributed by atoms with van der Waals surface area (Å²) in [6, 6.07) is 16.9. The van der Waals surface area contributed by atoms with Gasteiger partial charge < -0.3 is 20.6 Å². The maximum absolute atomic E-state index is 13.1. The lowest BCUT2D eigenvalue weighted by molar-refractivity contribution is 0.0952. The van der Waals surface area contributed by atoms with E-state index in [2.05, 4.69) is 16.0 Å². The average Bonchev–Trinajstić information content (AvgIpc) is 2.80. The number of carbonyl (C=O) groups excluding carboxylic acids is 1. The molecule has 0 unspecified atom stereocenters. The molecule has 0 saturated carbocycles. The second-order valence-corrected chi connectivity index (χ2v) is 8.80. The minimum Gasteiger partial charge on any atom is -0.465 e. The standard InChI is InChI=1S/C27H29N5O3/c1-16-11-12-18(29-27(34)35)15-22(16)30-24-19-8-5-7-17(2)23(19)31-25-20(24)9-6-10-21(25)26(33)28-13-14-32(3)4/h5-12,15,29H,13-14H2,1-4H3,(H,28,33)(H,30,31)(H,34,35). The summed E-state index contributed by atoms with van der Waals surface area (Å²) in [4.78, 5) is 31.2. The molecule has 8 heteroatoms. The van der Waals surface area contributed by atoms with Gasteiger partial charge in [-0.2, -0.15) is 0 Å². The van der Waals surface area contributed by atoms with Crippen LogP contribution in [0.5, 0.6) is 0 Å². The van der Waals surface area contributed by atoms with Crippen LogP contribution in [0.1, 0.15) is 21.5 Å². The van der Waals surface area contributed by atoms with Crippen LogP contribution in [0.4, 0.5) is 21.9 Å². The lowest BCUT2D eigenvalue weighted by Crippen LogP contribution is -2.31. The van der Waals surface area contributed by atoms with Crippen LogP contribution in [-0.2, 0) is 0 Å². The Balaban J connectivity index is 1.87. The molecule has 180 valence electrons. The van der Waals surface area contributed by atoms with Gasteiger partial charge in [-0.05, 0) is 57.3 Å². The minimum atomic E-state index is -1.12. The van der Waals surface area contributed by atoms with Crippen molar-refractivity contribution in [3.05, 3.63) is 71.3 Å². The summed E-state index contributed by atoms with van der Waals surface area (Å²) < 4.78 is 0. The fraction of sp³-hybridized carbons (Fsp3) is 0.222. The summed E-state index contributed by atoms with van der Waals surface area (Å²) in [6.07, 6.45) is -1.12. The normalized spacial score (nSPS) is 11.1. The van der Waals surface area contributed by atoms with Gasteiger partial charge in [-0.25, -0.2) is 9.78 Å². The van der Waals surface area contributed by atoms with Crippen LogP contribution in [0.3, 0.4) is 0 Å². The topological polar surface area (TPSA) is 107 Å². The Labute approximate surface area is 204 Å². The van der Waals surface area contributed by atoms with Crippen LogP contribution in [0.2, 0.25) is 0 Å². The van der Waals surface area contributed by atoms with Crippen molar-refractivity contribution in [1.29, 1.82) is 0 Å². The van der Waals surface area contributed by atoms with Crippen LogP contribution in [-0.4, -0.2) is 54.2 Å². The highest BCUT2D eigenvalue weighted by Gasteiger charge is 2.17. The van der Waals surface area contributed by atoms with Gasteiger partial charge in [0.05, 0.1) is 22.3 Å².